The number of carboxylic acid groups (broad SMARTS) is 1. The molecule has 0 spiro atoms. The molecule has 1 atom stereocenters. The molecule has 43 heavy (non-hydrogen) atoms. The van der Waals surface area contributed by atoms with Gasteiger partial charge in [-0.3, -0.25) is 9.36 Å². The maximum atomic E-state index is 14.0. The Kier molecular flexibility index (Phi) is 6.51. The number of aromatic nitrogens is 1. The van der Waals surface area contributed by atoms with Crippen LogP contribution in [0.25, 0.3) is 23.1 Å². The molecule has 0 fully saturated rings. The zero-order valence-electron chi connectivity index (χ0n) is 22.9. The van der Waals surface area contributed by atoms with E-state index in [0.717, 1.165) is 35.2 Å². The number of methoxy groups -OCH3 is 1. The molecular formula is C34H24N2O6S. The fourth-order valence-corrected chi connectivity index (χ4v) is 6.81. The zero-order valence-corrected chi connectivity index (χ0v) is 23.8. The minimum absolute atomic E-state index is 0.131. The van der Waals surface area contributed by atoms with Gasteiger partial charge in [0, 0.05) is 17.2 Å². The van der Waals surface area contributed by atoms with E-state index in [4.69, 9.17) is 14.1 Å². The van der Waals surface area contributed by atoms with E-state index in [1.165, 1.54) is 30.1 Å². The molecule has 1 unspecified atom stereocenters. The number of hydrogen-bond donors (Lipinski definition) is 1. The minimum atomic E-state index is -1.05. The van der Waals surface area contributed by atoms with E-state index >= 15 is 0 Å². The van der Waals surface area contributed by atoms with Crippen molar-refractivity contribution >= 4 is 35.0 Å². The average molecular weight is 589 g/mol. The first-order valence-electron chi connectivity index (χ1n) is 13.7. The molecule has 9 heteroatoms. The number of rotatable bonds is 5. The summed E-state index contributed by atoms with van der Waals surface area (Å²) < 4.78 is 13.0. The van der Waals surface area contributed by atoms with E-state index in [2.05, 4.69) is 12.1 Å². The molecule has 0 radical (unpaired) electrons. The summed E-state index contributed by atoms with van der Waals surface area (Å²) >= 11 is 1.28. The summed E-state index contributed by atoms with van der Waals surface area (Å²) in [5.41, 5.74) is 5.88. The molecule has 0 saturated carbocycles. The van der Waals surface area contributed by atoms with Crippen LogP contribution in [0, 0.1) is 0 Å². The third-order valence-electron chi connectivity index (χ3n) is 7.84. The Labute approximate surface area is 249 Å². The smallest absolute Gasteiger partial charge is 0.337 e. The van der Waals surface area contributed by atoms with Crippen molar-refractivity contribution in [2.45, 2.75) is 18.9 Å². The number of aryl methyl sites for hydroxylation is 1. The maximum absolute atomic E-state index is 14.0. The fourth-order valence-electron chi connectivity index (χ4n) is 5.83. The van der Waals surface area contributed by atoms with Crippen LogP contribution in [0.3, 0.4) is 0 Å². The van der Waals surface area contributed by atoms with Crippen LogP contribution in [-0.2, 0) is 11.2 Å². The van der Waals surface area contributed by atoms with Gasteiger partial charge < -0.3 is 14.3 Å². The van der Waals surface area contributed by atoms with Crippen LogP contribution < -0.4 is 14.9 Å². The summed E-state index contributed by atoms with van der Waals surface area (Å²) in [5.74, 6) is -0.654. The number of fused-ring (bicyclic) bond motifs is 3. The highest BCUT2D eigenvalue weighted by atomic mass is 32.1. The summed E-state index contributed by atoms with van der Waals surface area (Å²) in [6.45, 7) is 0. The molecule has 1 aliphatic carbocycles. The number of nitrogens with zero attached hydrogens (tertiary/aromatic N) is 2. The maximum Gasteiger partial charge on any atom is 0.337 e. The first kappa shape index (κ1) is 26.6. The molecule has 1 N–H and O–H groups in total. The molecule has 1 aliphatic heterocycles. The van der Waals surface area contributed by atoms with Gasteiger partial charge in [-0.15, -0.1) is 0 Å². The van der Waals surface area contributed by atoms with Gasteiger partial charge in [0.2, 0.25) is 0 Å². The van der Waals surface area contributed by atoms with Crippen LogP contribution in [0.15, 0.2) is 105 Å². The number of aromatic carboxylic acids is 1. The Hall–Kier alpha value is -5.28. The average Bonchev–Trinajstić information content (AvgIpc) is 3.63. The van der Waals surface area contributed by atoms with Crippen LogP contribution in [0.5, 0.6) is 0 Å². The van der Waals surface area contributed by atoms with Crippen LogP contribution in [-0.4, -0.2) is 28.7 Å². The molecular weight excluding hydrogens is 564 g/mol. The topological polar surface area (TPSA) is 111 Å². The van der Waals surface area contributed by atoms with Gasteiger partial charge in [-0.05, 0) is 59.9 Å². The number of carbonyl (C=O) groups is 2. The Morgan fingerprint density at radius 2 is 1.72 bits per heavy atom. The Morgan fingerprint density at radius 1 is 0.977 bits per heavy atom. The molecule has 0 saturated heterocycles. The molecule has 8 nitrogen and oxygen atoms in total. The number of thiazole rings is 1. The summed E-state index contributed by atoms with van der Waals surface area (Å²) in [6.07, 6.45) is 3.25. The third kappa shape index (κ3) is 4.54. The number of hydrogen-bond acceptors (Lipinski definition) is 7. The van der Waals surface area contributed by atoms with Crippen molar-refractivity contribution in [2.75, 3.05) is 7.11 Å². The van der Waals surface area contributed by atoms with Crippen LogP contribution in [0.1, 0.15) is 55.6 Å². The number of allylic oxidation sites excluding steroid dienone is 1. The van der Waals surface area contributed by atoms with Crippen molar-refractivity contribution in [1.29, 1.82) is 0 Å². The third-order valence-corrected chi connectivity index (χ3v) is 8.83. The van der Waals surface area contributed by atoms with Gasteiger partial charge in [0.25, 0.3) is 5.56 Å². The molecule has 7 rings (SSSR count). The van der Waals surface area contributed by atoms with Gasteiger partial charge in [0.15, 0.2) is 4.80 Å². The molecule has 2 aliphatic rings. The summed E-state index contributed by atoms with van der Waals surface area (Å²) in [4.78, 5) is 43.4. The van der Waals surface area contributed by atoms with Gasteiger partial charge in [-0.2, -0.15) is 0 Å². The van der Waals surface area contributed by atoms with Crippen LogP contribution in [0.4, 0.5) is 0 Å². The highest BCUT2D eigenvalue weighted by molar-refractivity contribution is 7.07. The van der Waals surface area contributed by atoms with E-state index in [1.54, 1.807) is 53.1 Å². The molecule has 3 heterocycles. The van der Waals surface area contributed by atoms with Crippen LogP contribution in [0.2, 0.25) is 0 Å². The first-order valence-corrected chi connectivity index (χ1v) is 14.5. The number of esters is 1. The predicted molar refractivity (Wildman–Crippen MR) is 162 cm³/mol. The fraction of sp³-hybridized carbons (Fsp3) is 0.118. The second-order valence-electron chi connectivity index (χ2n) is 10.3. The van der Waals surface area contributed by atoms with Crippen molar-refractivity contribution in [3.8, 4) is 11.3 Å². The second kappa shape index (κ2) is 10.5. The highest BCUT2D eigenvalue weighted by Gasteiger charge is 2.32. The number of carbonyl (C=O) groups excluding carboxylic acids is 1. The number of furan rings is 1. The lowest BCUT2D eigenvalue weighted by atomic mass is 9.83. The lowest BCUT2D eigenvalue weighted by molar-refractivity contribution is 0.0599. The number of ether oxygens (including phenoxy) is 1. The van der Waals surface area contributed by atoms with Gasteiger partial charge in [0.1, 0.15) is 11.5 Å². The minimum Gasteiger partial charge on any atom is -0.478 e. The Morgan fingerprint density at radius 3 is 2.49 bits per heavy atom. The molecule has 3 aromatic carbocycles. The molecule has 0 bridgehead atoms. The molecule has 0 amide bonds. The lowest BCUT2D eigenvalue weighted by Gasteiger charge is -2.30. The quantitative estimate of drug-likeness (QED) is 0.287. The van der Waals surface area contributed by atoms with Gasteiger partial charge in [-0.1, -0.05) is 65.9 Å². The Balaban J connectivity index is 1.38. The monoisotopic (exact) mass is 588 g/mol. The molecule has 2 aromatic heterocycles. The zero-order chi connectivity index (χ0) is 29.7. The van der Waals surface area contributed by atoms with Gasteiger partial charge >= 0.3 is 11.9 Å². The van der Waals surface area contributed by atoms with Gasteiger partial charge in [-0.25, -0.2) is 14.6 Å². The second-order valence-corrected chi connectivity index (χ2v) is 11.3. The number of benzene rings is 3. The summed E-state index contributed by atoms with van der Waals surface area (Å²) in [5, 5.41) is 9.59. The van der Waals surface area contributed by atoms with E-state index in [0.29, 0.717) is 32.0 Å². The summed E-state index contributed by atoms with van der Waals surface area (Å²) in [7, 11) is 1.34. The van der Waals surface area contributed by atoms with E-state index in [1.807, 2.05) is 24.3 Å². The van der Waals surface area contributed by atoms with Crippen molar-refractivity contribution in [3.63, 3.8) is 0 Å². The predicted octanol–water partition coefficient (Wildman–Crippen LogP) is 5.06. The molecule has 5 aromatic rings. The first-order chi connectivity index (χ1) is 20.9. The summed E-state index contributed by atoms with van der Waals surface area (Å²) in [6, 6.07) is 25.0. The van der Waals surface area contributed by atoms with Crippen molar-refractivity contribution < 1.29 is 23.8 Å². The van der Waals surface area contributed by atoms with Crippen molar-refractivity contribution in [3.05, 3.63) is 144 Å². The standard InChI is InChI=1S/C34H24N2O6S/c1-41-33(40)21-12-10-20(11-13-21)30-26-16-14-19-6-2-3-7-23(19)29(26)35-34-36(30)31(37)28(43-34)18-22-15-17-27(42-22)24-8-4-5-9-25(24)32(38)39/h2-13,15,17-18,30H,14,16H2,1H3,(H,38,39). The lowest BCUT2D eigenvalue weighted by Crippen LogP contribution is -2.38. The SMILES string of the molecule is COC(=O)c1ccc(C2C3=C(N=c4sc(=Cc5ccc(-c6ccccc6C(=O)O)o5)c(=O)n42)c2ccccc2CC3)cc1. The van der Waals surface area contributed by atoms with Crippen molar-refractivity contribution in [1.82, 2.24) is 4.57 Å². The van der Waals surface area contributed by atoms with E-state index in [-0.39, 0.29) is 11.1 Å². The normalized spacial score (nSPS) is 15.7. The van der Waals surface area contributed by atoms with E-state index in [9.17, 15) is 19.5 Å². The van der Waals surface area contributed by atoms with Gasteiger partial charge in [0.05, 0.1) is 34.5 Å². The largest absolute Gasteiger partial charge is 0.478 e. The van der Waals surface area contributed by atoms with Crippen LogP contribution >= 0.6 is 11.3 Å². The van der Waals surface area contributed by atoms with Crippen molar-refractivity contribution in [2.24, 2.45) is 4.99 Å². The Bertz CT molecular complexity index is 2150. The molecule has 212 valence electrons. The highest BCUT2D eigenvalue weighted by Crippen LogP contribution is 2.41. The number of carboxylic acids is 1. The van der Waals surface area contributed by atoms with E-state index < -0.39 is 18.0 Å².